The Kier molecular flexibility index (Phi) is 3.56. The van der Waals surface area contributed by atoms with Crippen LogP contribution in [0.2, 0.25) is 0 Å². The van der Waals surface area contributed by atoms with E-state index in [2.05, 4.69) is 73.5 Å². The second-order valence-corrected chi connectivity index (χ2v) is 11.0. The highest BCUT2D eigenvalue weighted by Gasteiger charge is 2.82. The average molecular weight is 418 g/mol. The van der Waals surface area contributed by atoms with Crippen molar-refractivity contribution in [1.29, 1.82) is 0 Å². The molecule has 1 saturated carbocycles. The molecule has 31 heavy (non-hydrogen) atoms. The van der Waals surface area contributed by atoms with Gasteiger partial charge in [-0.15, -0.1) is 0 Å². The average Bonchev–Trinajstić information content (AvgIpc) is 3.18. The lowest BCUT2D eigenvalue weighted by atomic mass is 9.60. The lowest BCUT2D eigenvalue weighted by Crippen LogP contribution is -2.82. The SMILES string of the molecule is CCC1C2CC3C4N(C)c5ccccc5C45CC(C2C5O)[N+]3(Cc2ccccc2)C1O. The molecule has 6 aliphatic rings. The minimum atomic E-state index is -0.337. The minimum absolute atomic E-state index is 0.180. The lowest BCUT2D eigenvalue weighted by molar-refractivity contribution is -1.05. The van der Waals surface area contributed by atoms with Gasteiger partial charge in [-0.1, -0.05) is 55.5 Å². The van der Waals surface area contributed by atoms with Crippen molar-refractivity contribution in [1.82, 2.24) is 0 Å². The summed E-state index contributed by atoms with van der Waals surface area (Å²) in [5, 5.41) is 24.1. The fraction of sp³-hybridized carbons (Fsp3) is 0.556. The van der Waals surface area contributed by atoms with Crippen LogP contribution in [0.25, 0.3) is 0 Å². The van der Waals surface area contributed by atoms with Gasteiger partial charge in [-0.3, -0.25) is 4.48 Å². The highest BCUT2D eigenvalue weighted by molar-refractivity contribution is 5.66. The zero-order chi connectivity index (χ0) is 21.1. The Morgan fingerprint density at radius 3 is 2.55 bits per heavy atom. The van der Waals surface area contributed by atoms with Crippen molar-refractivity contribution < 1.29 is 14.7 Å². The number of likely N-dealkylation sites (N-methyl/N-ethyl adjacent to an activating group) is 1. The number of aliphatic hydroxyl groups excluding tert-OH is 2. The maximum absolute atomic E-state index is 12.1. The first-order valence-corrected chi connectivity index (χ1v) is 12.1. The standard InChI is InChI=1S/C27H33N2O2/c1-3-17-18-13-21-24-27(19-11-7-8-12-20(19)28(24)2)14-22(23(18)25(27)30)29(21,26(17)31)15-16-9-5-4-6-10-16/h4-12,17-18,21-26,30-31H,3,13-15H2,1-2H3/q+1. The van der Waals surface area contributed by atoms with Gasteiger partial charge in [-0.2, -0.15) is 0 Å². The van der Waals surface area contributed by atoms with Gasteiger partial charge in [0.2, 0.25) is 0 Å². The van der Waals surface area contributed by atoms with E-state index in [4.69, 9.17) is 0 Å². The van der Waals surface area contributed by atoms with Crippen LogP contribution < -0.4 is 4.90 Å². The highest BCUT2D eigenvalue weighted by Crippen LogP contribution is 2.71. The van der Waals surface area contributed by atoms with E-state index in [1.54, 1.807) is 0 Å². The van der Waals surface area contributed by atoms with Gasteiger partial charge in [0.25, 0.3) is 0 Å². The number of aliphatic hydroxyl groups is 2. The van der Waals surface area contributed by atoms with E-state index in [0.29, 0.717) is 18.0 Å². The molecule has 10 atom stereocenters. The Labute approximate surface area is 184 Å². The Morgan fingerprint density at radius 1 is 1.03 bits per heavy atom. The molecule has 5 heterocycles. The number of para-hydroxylation sites is 1. The van der Waals surface area contributed by atoms with Crippen molar-refractivity contribution in [3.05, 3.63) is 65.7 Å². The Hall–Kier alpha value is -1.88. The maximum atomic E-state index is 12.1. The van der Waals surface area contributed by atoms with Crippen molar-refractivity contribution in [2.45, 2.75) is 68.6 Å². The van der Waals surface area contributed by atoms with E-state index in [9.17, 15) is 10.2 Å². The number of rotatable bonds is 3. The topological polar surface area (TPSA) is 43.7 Å². The molecule has 2 aromatic rings. The molecule has 4 nitrogen and oxygen atoms in total. The van der Waals surface area contributed by atoms with Gasteiger partial charge in [0.05, 0.1) is 23.6 Å². The van der Waals surface area contributed by atoms with Gasteiger partial charge in [-0.05, 0) is 24.0 Å². The summed E-state index contributed by atoms with van der Waals surface area (Å²) in [5.74, 6) is 1.01. The molecule has 5 fully saturated rings. The van der Waals surface area contributed by atoms with Crippen molar-refractivity contribution in [2.24, 2.45) is 17.8 Å². The van der Waals surface area contributed by atoms with E-state index in [1.807, 2.05) is 0 Å². The van der Waals surface area contributed by atoms with Gasteiger partial charge in [0.1, 0.15) is 12.6 Å². The summed E-state index contributed by atoms with van der Waals surface area (Å²) in [6, 6.07) is 20.5. The number of nitrogens with zero attached hydrogens (tertiary/aromatic N) is 2. The number of quaternary nitrogens is 1. The molecular formula is C27H33N2O2+. The van der Waals surface area contributed by atoms with Crippen LogP contribution in [-0.4, -0.2) is 52.2 Å². The largest absolute Gasteiger partial charge is 0.392 e. The van der Waals surface area contributed by atoms with Crippen LogP contribution in [0.15, 0.2) is 54.6 Å². The number of benzene rings is 2. The fourth-order valence-corrected chi connectivity index (χ4v) is 9.60. The van der Waals surface area contributed by atoms with Crippen LogP contribution in [0.4, 0.5) is 5.69 Å². The molecule has 162 valence electrons. The van der Waals surface area contributed by atoms with E-state index in [0.717, 1.165) is 30.3 Å². The van der Waals surface area contributed by atoms with Gasteiger partial charge in [0, 0.05) is 43.0 Å². The van der Waals surface area contributed by atoms with Crippen molar-refractivity contribution in [3.63, 3.8) is 0 Å². The Morgan fingerprint density at radius 2 is 1.77 bits per heavy atom. The molecule has 0 aromatic heterocycles. The van der Waals surface area contributed by atoms with E-state index < -0.39 is 0 Å². The predicted octanol–water partition coefficient (Wildman–Crippen LogP) is 3.27. The molecule has 1 spiro atoms. The molecule has 4 saturated heterocycles. The molecule has 2 aromatic carbocycles. The third-order valence-corrected chi connectivity index (χ3v) is 10.4. The number of anilines is 1. The van der Waals surface area contributed by atoms with Crippen LogP contribution in [0.3, 0.4) is 0 Å². The number of hydrogen-bond donors (Lipinski definition) is 2. The van der Waals surface area contributed by atoms with Crippen LogP contribution in [0.1, 0.15) is 37.3 Å². The van der Waals surface area contributed by atoms with Crippen molar-refractivity contribution >= 4 is 5.69 Å². The second kappa shape index (κ2) is 5.92. The summed E-state index contributed by atoms with van der Waals surface area (Å²) in [5.41, 5.74) is 3.78. The summed E-state index contributed by atoms with van der Waals surface area (Å²) in [6.07, 6.45) is 2.47. The zero-order valence-electron chi connectivity index (χ0n) is 18.4. The van der Waals surface area contributed by atoms with Crippen LogP contribution >= 0.6 is 0 Å². The van der Waals surface area contributed by atoms with Gasteiger partial charge in [0.15, 0.2) is 6.23 Å². The summed E-state index contributed by atoms with van der Waals surface area (Å²) in [4.78, 5) is 2.47. The molecule has 1 aliphatic carbocycles. The van der Waals surface area contributed by atoms with Crippen LogP contribution in [0.5, 0.6) is 0 Å². The van der Waals surface area contributed by atoms with E-state index in [1.165, 1.54) is 16.8 Å². The quantitative estimate of drug-likeness (QED) is 0.754. The first-order chi connectivity index (χ1) is 15.1. The molecule has 4 heteroatoms. The summed E-state index contributed by atoms with van der Waals surface area (Å²) < 4.78 is 0.769. The summed E-state index contributed by atoms with van der Waals surface area (Å²) in [7, 11) is 2.23. The Bertz CT molecular complexity index is 1040. The molecule has 5 aliphatic heterocycles. The number of fused-ring (bicyclic) bond motifs is 2. The van der Waals surface area contributed by atoms with Gasteiger partial charge < -0.3 is 15.1 Å². The molecule has 0 radical (unpaired) electrons. The van der Waals surface area contributed by atoms with Crippen molar-refractivity contribution in [2.75, 3.05) is 11.9 Å². The molecule has 8 rings (SSSR count). The van der Waals surface area contributed by atoms with E-state index >= 15 is 0 Å². The minimum Gasteiger partial charge on any atom is -0.392 e. The summed E-state index contributed by atoms with van der Waals surface area (Å²) in [6.45, 7) is 3.11. The monoisotopic (exact) mass is 417 g/mol. The van der Waals surface area contributed by atoms with Crippen LogP contribution in [-0.2, 0) is 12.0 Å². The lowest BCUT2D eigenvalue weighted by Gasteiger charge is -2.68. The second-order valence-electron chi connectivity index (χ2n) is 11.0. The number of hydrogen-bond acceptors (Lipinski definition) is 3. The summed E-state index contributed by atoms with van der Waals surface area (Å²) >= 11 is 0. The van der Waals surface area contributed by atoms with Gasteiger partial charge in [-0.25, -0.2) is 0 Å². The molecule has 0 amide bonds. The predicted molar refractivity (Wildman–Crippen MR) is 120 cm³/mol. The third-order valence-electron chi connectivity index (χ3n) is 10.4. The molecule has 5 bridgehead atoms. The first kappa shape index (κ1) is 18.7. The first-order valence-electron chi connectivity index (χ1n) is 12.1. The molecule has 10 unspecified atom stereocenters. The molecular weight excluding hydrogens is 384 g/mol. The highest BCUT2D eigenvalue weighted by atomic mass is 16.3. The Balaban J connectivity index is 1.47. The van der Waals surface area contributed by atoms with Crippen LogP contribution in [0, 0.1) is 17.8 Å². The third kappa shape index (κ3) is 1.88. The normalized spacial score (nSPS) is 48.2. The molecule has 2 N–H and O–H groups in total. The van der Waals surface area contributed by atoms with Gasteiger partial charge >= 0.3 is 0 Å². The van der Waals surface area contributed by atoms with E-state index in [-0.39, 0.29) is 35.6 Å². The smallest absolute Gasteiger partial charge is 0.194 e. The fourth-order valence-electron chi connectivity index (χ4n) is 9.60. The number of piperidine rings is 4. The maximum Gasteiger partial charge on any atom is 0.194 e. The van der Waals surface area contributed by atoms with Crippen molar-refractivity contribution in [3.8, 4) is 0 Å². The zero-order valence-corrected chi connectivity index (χ0v) is 18.4.